The summed E-state index contributed by atoms with van der Waals surface area (Å²) < 4.78 is 0. The van der Waals surface area contributed by atoms with Crippen LogP contribution in [-0.4, -0.2) is 13.8 Å². The highest BCUT2D eigenvalue weighted by molar-refractivity contribution is 6.35. The van der Waals surface area contributed by atoms with Crippen LogP contribution >= 0.6 is 0 Å². The lowest BCUT2D eigenvalue weighted by molar-refractivity contribution is 0.916. The zero-order chi connectivity index (χ0) is 4.99. The molecule has 0 aliphatic carbocycles. The van der Waals surface area contributed by atoms with Gasteiger partial charge in [-0.25, -0.2) is 0 Å². The van der Waals surface area contributed by atoms with Crippen molar-refractivity contribution in [1.82, 2.24) is 0 Å². The molecule has 0 saturated carbocycles. The van der Waals surface area contributed by atoms with Gasteiger partial charge < -0.3 is 5.73 Å². The molecule has 0 aliphatic heterocycles. The van der Waals surface area contributed by atoms with Gasteiger partial charge in [-0.05, 0) is 6.54 Å². The van der Waals surface area contributed by atoms with Crippen molar-refractivity contribution in [2.45, 2.75) is 19.6 Å². The van der Waals surface area contributed by atoms with Crippen LogP contribution in [0, 0.1) is 0 Å². The molecule has 2 heteroatoms. The van der Waals surface area contributed by atoms with Crippen molar-refractivity contribution < 1.29 is 0 Å². The second-order valence-electron chi connectivity index (χ2n) is 1.75. The molecule has 1 atom stereocenters. The van der Waals surface area contributed by atoms with Gasteiger partial charge in [0.25, 0.3) is 0 Å². The summed E-state index contributed by atoms with van der Waals surface area (Å²) >= 11 is 0. The highest BCUT2D eigenvalue weighted by Crippen LogP contribution is 1.92. The number of hydrogen-bond acceptors (Lipinski definition) is 1. The van der Waals surface area contributed by atoms with E-state index in [-0.39, 0.29) is 0 Å². The average Bonchev–Trinajstić information content (AvgIpc) is 1.65. The molecule has 0 saturated heterocycles. The van der Waals surface area contributed by atoms with Gasteiger partial charge in [0.15, 0.2) is 0 Å². The van der Waals surface area contributed by atoms with Gasteiger partial charge >= 0.3 is 0 Å². The molecular formula is C4H12BN. The Hall–Kier alpha value is 0.0249. The summed E-state index contributed by atoms with van der Waals surface area (Å²) in [6.07, 6.45) is 0. The summed E-state index contributed by atoms with van der Waals surface area (Å²) in [4.78, 5) is 0. The number of rotatable bonds is 2. The van der Waals surface area contributed by atoms with Gasteiger partial charge in [-0.15, -0.1) is 0 Å². The molecule has 0 bridgehead atoms. The third kappa shape index (κ3) is 2.27. The molecule has 0 spiro atoms. The van der Waals surface area contributed by atoms with Crippen molar-refractivity contribution in [2.75, 3.05) is 6.54 Å². The SMILES string of the molecule is CB[C@H](C)CN. The smallest absolute Gasteiger partial charge is 0.122 e. The van der Waals surface area contributed by atoms with E-state index in [9.17, 15) is 0 Å². The Kier molecular flexibility index (Phi) is 3.24. The first kappa shape index (κ1) is 6.02. The molecule has 0 heterocycles. The normalized spacial score (nSPS) is 13.8. The molecule has 0 aliphatic rings. The second kappa shape index (κ2) is 3.22. The molecule has 0 fully saturated rings. The molecule has 0 rings (SSSR count). The fourth-order valence-corrected chi connectivity index (χ4v) is 0.167. The zero-order valence-corrected chi connectivity index (χ0v) is 4.57. The maximum Gasteiger partial charge on any atom is 0.122 e. The zero-order valence-electron chi connectivity index (χ0n) is 4.57. The van der Waals surface area contributed by atoms with Crippen LogP contribution in [-0.2, 0) is 0 Å². The van der Waals surface area contributed by atoms with E-state index < -0.39 is 0 Å². The van der Waals surface area contributed by atoms with E-state index in [1.165, 1.54) is 7.28 Å². The molecule has 0 aromatic heterocycles. The Labute approximate surface area is 40.2 Å². The molecule has 0 unspecified atom stereocenters. The number of hydrogen-bond donors (Lipinski definition) is 1. The van der Waals surface area contributed by atoms with Crippen LogP contribution in [0.2, 0.25) is 12.6 Å². The highest BCUT2D eigenvalue weighted by atomic mass is 14.5. The van der Waals surface area contributed by atoms with Gasteiger partial charge in [-0.3, -0.25) is 0 Å². The van der Waals surface area contributed by atoms with E-state index in [1.807, 2.05) is 0 Å². The predicted octanol–water partition coefficient (Wildman–Crippen LogP) is 0.238. The summed E-state index contributed by atoms with van der Waals surface area (Å²) in [5.74, 6) is 0.713. The Bertz CT molecular complexity index is 26.7. The molecule has 0 aromatic carbocycles. The van der Waals surface area contributed by atoms with Gasteiger partial charge in [0.05, 0.1) is 0 Å². The fourth-order valence-electron chi connectivity index (χ4n) is 0.167. The predicted molar refractivity (Wildman–Crippen MR) is 31.5 cm³/mol. The van der Waals surface area contributed by atoms with Gasteiger partial charge in [-0.1, -0.05) is 19.6 Å². The third-order valence-corrected chi connectivity index (χ3v) is 1.10. The summed E-state index contributed by atoms with van der Waals surface area (Å²) in [5.41, 5.74) is 5.28. The lowest BCUT2D eigenvalue weighted by Gasteiger charge is -1.97. The largest absolute Gasteiger partial charge is 0.331 e. The van der Waals surface area contributed by atoms with Crippen LogP contribution in [0.4, 0.5) is 0 Å². The monoisotopic (exact) mass is 85.1 g/mol. The van der Waals surface area contributed by atoms with Crippen LogP contribution in [0.25, 0.3) is 0 Å². The minimum absolute atomic E-state index is 0.713. The van der Waals surface area contributed by atoms with Crippen LogP contribution in [0.5, 0.6) is 0 Å². The van der Waals surface area contributed by atoms with E-state index in [0.29, 0.717) is 5.82 Å². The topological polar surface area (TPSA) is 26.0 Å². The van der Waals surface area contributed by atoms with Crippen LogP contribution in [0.15, 0.2) is 0 Å². The Morgan fingerprint density at radius 2 is 2.33 bits per heavy atom. The second-order valence-corrected chi connectivity index (χ2v) is 1.75. The summed E-state index contributed by atoms with van der Waals surface area (Å²) in [7, 11) is 1.20. The van der Waals surface area contributed by atoms with Gasteiger partial charge in [-0.2, -0.15) is 0 Å². The third-order valence-electron chi connectivity index (χ3n) is 1.10. The minimum atomic E-state index is 0.713. The molecule has 0 radical (unpaired) electrons. The van der Waals surface area contributed by atoms with Crippen LogP contribution < -0.4 is 5.73 Å². The number of nitrogens with two attached hydrogens (primary N) is 1. The quantitative estimate of drug-likeness (QED) is 0.477. The van der Waals surface area contributed by atoms with Crippen molar-refractivity contribution in [3.63, 3.8) is 0 Å². The minimum Gasteiger partial charge on any atom is -0.331 e. The molecule has 36 valence electrons. The van der Waals surface area contributed by atoms with Crippen molar-refractivity contribution in [1.29, 1.82) is 0 Å². The average molecular weight is 85.0 g/mol. The highest BCUT2D eigenvalue weighted by Gasteiger charge is 1.91. The fraction of sp³-hybridized carbons (Fsp3) is 1.00. The molecule has 0 amide bonds. The van der Waals surface area contributed by atoms with Gasteiger partial charge in [0.1, 0.15) is 7.28 Å². The van der Waals surface area contributed by atoms with E-state index in [1.54, 1.807) is 0 Å². The molecule has 1 nitrogen and oxygen atoms in total. The van der Waals surface area contributed by atoms with Crippen molar-refractivity contribution in [2.24, 2.45) is 5.73 Å². The summed E-state index contributed by atoms with van der Waals surface area (Å²) in [5, 5.41) is 0. The first-order chi connectivity index (χ1) is 2.81. The molecule has 2 N–H and O–H groups in total. The van der Waals surface area contributed by atoms with E-state index >= 15 is 0 Å². The lowest BCUT2D eigenvalue weighted by Crippen LogP contribution is -2.08. The van der Waals surface area contributed by atoms with Gasteiger partial charge in [0.2, 0.25) is 0 Å². The van der Waals surface area contributed by atoms with Crippen LogP contribution in [0.3, 0.4) is 0 Å². The molecule has 0 aromatic rings. The standard InChI is InChI=1S/C4H12BN/c1-4(3-6)5-2/h4-5H,3,6H2,1-2H3/t4-/m1/s1. The first-order valence-electron chi connectivity index (χ1n) is 2.51. The van der Waals surface area contributed by atoms with Crippen LogP contribution in [0.1, 0.15) is 6.92 Å². The maximum absolute atomic E-state index is 5.28. The first-order valence-corrected chi connectivity index (χ1v) is 2.51. The maximum atomic E-state index is 5.28. The van der Waals surface area contributed by atoms with Crippen molar-refractivity contribution in [3.05, 3.63) is 0 Å². The van der Waals surface area contributed by atoms with Crippen molar-refractivity contribution >= 4 is 7.28 Å². The Morgan fingerprint density at radius 3 is 2.33 bits per heavy atom. The Morgan fingerprint density at radius 1 is 1.83 bits per heavy atom. The van der Waals surface area contributed by atoms with E-state index in [0.717, 1.165) is 6.54 Å². The summed E-state index contributed by atoms with van der Waals surface area (Å²) in [6.45, 7) is 5.13. The summed E-state index contributed by atoms with van der Waals surface area (Å²) in [6, 6.07) is 0. The molecule has 6 heavy (non-hydrogen) atoms. The lowest BCUT2D eigenvalue weighted by atomic mass is 9.68. The van der Waals surface area contributed by atoms with E-state index in [4.69, 9.17) is 5.73 Å². The molecular weight excluding hydrogens is 72.9 g/mol. The van der Waals surface area contributed by atoms with Gasteiger partial charge in [0, 0.05) is 0 Å². The van der Waals surface area contributed by atoms with E-state index in [2.05, 4.69) is 13.7 Å². The Balaban J connectivity index is 2.75. The van der Waals surface area contributed by atoms with Crippen molar-refractivity contribution in [3.8, 4) is 0 Å².